The highest BCUT2D eigenvalue weighted by Gasteiger charge is 2.44. The summed E-state index contributed by atoms with van der Waals surface area (Å²) in [6.45, 7) is 1.79. The van der Waals surface area contributed by atoms with Gasteiger partial charge in [-0.05, 0) is 48.9 Å². The zero-order valence-electron chi connectivity index (χ0n) is 12.3. The van der Waals surface area contributed by atoms with Crippen LogP contribution < -0.4 is 0 Å². The third-order valence-electron chi connectivity index (χ3n) is 5.06. The Morgan fingerprint density at radius 3 is 2.59 bits per heavy atom. The molecule has 0 bridgehead atoms. The van der Waals surface area contributed by atoms with Crippen LogP contribution in [0.1, 0.15) is 36.0 Å². The van der Waals surface area contributed by atoms with E-state index in [9.17, 15) is 4.79 Å². The fourth-order valence-corrected chi connectivity index (χ4v) is 3.67. The van der Waals surface area contributed by atoms with E-state index in [1.54, 1.807) is 17.1 Å². The van der Waals surface area contributed by atoms with Crippen LogP contribution in [0.5, 0.6) is 0 Å². The minimum Gasteiger partial charge on any atom is -0.338 e. The second-order valence-corrected chi connectivity index (χ2v) is 6.92. The summed E-state index contributed by atoms with van der Waals surface area (Å²) in [6.07, 6.45) is 8.49. The average Bonchev–Trinajstić information content (AvgIpc) is 3.14. The van der Waals surface area contributed by atoms with Crippen molar-refractivity contribution in [3.63, 3.8) is 0 Å². The summed E-state index contributed by atoms with van der Waals surface area (Å²) in [7, 11) is 0. The Bertz CT molecular complexity index is 703. The minimum atomic E-state index is 0.101. The maximum absolute atomic E-state index is 12.6. The van der Waals surface area contributed by atoms with Gasteiger partial charge in [-0.25, -0.2) is 4.68 Å². The first kappa shape index (κ1) is 13.8. The molecule has 2 aliphatic rings. The molecule has 114 valence electrons. The highest BCUT2D eigenvalue weighted by atomic mass is 35.5. The molecule has 22 heavy (non-hydrogen) atoms. The van der Waals surface area contributed by atoms with Gasteiger partial charge >= 0.3 is 0 Å². The Hall–Kier alpha value is -1.81. The normalized spacial score (nSPS) is 19.4. The van der Waals surface area contributed by atoms with Gasteiger partial charge in [0.1, 0.15) is 0 Å². The smallest absolute Gasteiger partial charge is 0.257 e. The van der Waals surface area contributed by atoms with Gasteiger partial charge in [0.25, 0.3) is 5.91 Å². The molecule has 4 nitrogen and oxygen atoms in total. The molecular weight excluding hydrogens is 298 g/mol. The van der Waals surface area contributed by atoms with Gasteiger partial charge in [-0.15, -0.1) is 0 Å². The number of carbonyl (C=O) groups is 1. The van der Waals surface area contributed by atoms with Crippen molar-refractivity contribution in [2.24, 2.45) is 5.41 Å². The first-order valence-corrected chi connectivity index (χ1v) is 8.13. The number of halogens is 1. The predicted molar refractivity (Wildman–Crippen MR) is 85.4 cm³/mol. The first-order chi connectivity index (χ1) is 10.7. The van der Waals surface area contributed by atoms with Crippen LogP contribution in [0.3, 0.4) is 0 Å². The third kappa shape index (κ3) is 2.31. The highest BCUT2D eigenvalue weighted by molar-refractivity contribution is 6.30. The number of carbonyl (C=O) groups excluding carboxylic acids is 1. The Morgan fingerprint density at radius 1 is 1.18 bits per heavy atom. The lowest BCUT2D eigenvalue weighted by Crippen LogP contribution is -2.35. The Balaban J connectivity index is 1.51. The molecule has 1 aromatic heterocycles. The molecule has 5 heteroatoms. The molecule has 0 unspecified atom stereocenters. The zero-order chi connectivity index (χ0) is 15.2. The van der Waals surface area contributed by atoms with E-state index in [1.807, 2.05) is 29.2 Å². The number of hydrogen-bond donors (Lipinski definition) is 0. The molecule has 1 aliphatic heterocycles. The van der Waals surface area contributed by atoms with Crippen LogP contribution in [0.15, 0.2) is 36.7 Å². The molecule has 1 saturated heterocycles. The zero-order valence-corrected chi connectivity index (χ0v) is 13.1. The molecule has 0 atom stereocenters. The molecule has 1 saturated carbocycles. The lowest BCUT2D eigenvalue weighted by atomic mass is 9.68. The van der Waals surface area contributed by atoms with Crippen molar-refractivity contribution in [3.8, 4) is 5.69 Å². The van der Waals surface area contributed by atoms with Crippen LogP contribution in [0.4, 0.5) is 0 Å². The van der Waals surface area contributed by atoms with Crippen molar-refractivity contribution in [1.82, 2.24) is 14.7 Å². The molecule has 1 aliphatic carbocycles. The van der Waals surface area contributed by atoms with Crippen LogP contribution in [-0.2, 0) is 0 Å². The van der Waals surface area contributed by atoms with Crippen molar-refractivity contribution in [3.05, 3.63) is 47.2 Å². The van der Waals surface area contributed by atoms with Crippen LogP contribution >= 0.6 is 11.6 Å². The summed E-state index contributed by atoms with van der Waals surface area (Å²) in [6, 6.07) is 7.42. The van der Waals surface area contributed by atoms with Gasteiger partial charge in [-0.2, -0.15) is 5.10 Å². The van der Waals surface area contributed by atoms with Gasteiger partial charge in [0.15, 0.2) is 0 Å². The van der Waals surface area contributed by atoms with Crippen molar-refractivity contribution >= 4 is 17.5 Å². The second-order valence-electron chi connectivity index (χ2n) is 6.48. The van der Waals surface area contributed by atoms with E-state index in [1.165, 1.54) is 19.3 Å². The maximum Gasteiger partial charge on any atom is 0.257 e. The Labute approximate surface area is 134 Å². The predicted octanol–water partition coefficient (Wildman–Crippen LogP) is 3.54. The number of benzene rings is 1. The molecule has 0 N–H and O–H groups in total. The molecule has 2 fully saturated rings. The first-order valence-electron chi connectivity index (χ1n) is 7.75. The van der Waals surface area contributed by atoms with Gasteiger partial charge in [0.05, 0.1) is 17.4 Å². The van der Waals surface area contributed by atoms with Crippen LogP contribution in [0.25, 0.3) is 5.69 Å². The lowest BCUT2D eigenvalue weighted by molar-refractivity contribution is 0.0732. The van der Waals surface area contributed by atoms with Crippen molar-refractivity contribution < 1.29 is 4.79 Å². The van der Waals surface area contributed by atoms with E-state index in [4.69, 9.17) is 11.6 Å². The van der Waals surface area contributed by atoms with Gasteiger partial charge in [-0.3, -0.25) is 4.79 Å². The molecule has 1 amide bonds. The van der Waals surface area contributed by atoms with E-state index in [2.05, 4.69) is 5.10 Å². The van der Waals surface area contributed by atoms with Crippen molar-refractivity contribution in [1.29, 1.82) is 0 Å². The highest BCUT2D eigenvalue weighted by Crippen LogP contribution is 2.48. The second kappa shape index (κ2) is 5.13. The van der Waals surface area contributed by atoms with Crippen LogP contribution in [0, 0.1) is 5.41 Å². The molecule has 1 spiro atoms. The summed E-state index contributed by atoms with van der Waals surface area (Å²) in [4.78, 5) is 14.6. The summed E-state index contributed by atoms with van der Waals surface area (Å²) in [5.74, 6) is 0.101. The molecule has 2 aromatic rings. The summed E-state index contributed by atoms with van der Waals surface area (Å²) < 4.78 is 1.72. The third-order valence-corrected chi connectivity index (χ3v) is 5.31. The monoisotopic (exact) mass is 315 g/mol. The summed E-state index contributed by atoms with van der Waals surface area (Å²) in [5, 5.41) is 5.00. The Morgan fingerprint density at radius 2 is 1.95 bits per heavy atom. The van der Waals surface area contributed by atoms with Gasteiger partial charge in [0.2, 0.25) is 0 Å². The molecular formula is C17H18ClN3O. The molecule has 0 radical (unpaired) electrons. The van der Waals surface area contributed by atoms with E-state index in [0.29, 0.717) is 16.0 Å². The SMILES string of the molecule is O=C(c1cnn(-c2ccc(Cl)cc2)c1)N1CCC2(CCC2)C1. The lowest BCUT2D eigenvalue weighted by Gasteiger charge is -2.37. The van der Waals surface area contributed by atoms with Crippen LogP contribution in [-0.4, -0.2) is 33.7 Å². The maximum atomic E-state index is 12.6. The quantitative estimate of drug-likeness (QED) is 0.850. The number of nitrogens with zero attached hydrogens (tertiary/aromatic N) is 3. The average molecular weight is 316 g/mol. The fraction of sp³-hybridized carbons (Fsp3) is 0.412. The minimum absolute atomic E-state index is 0.101. The van der Waals surface area contributed by atoms with E-state index in [-0.39, 0.29) is 5.91 Å². The summed E-state index contributed by atoms with van der Waals surface area (Å²) in [5.41, 5.74) is 1.99. The standard InChI is InChI=1S/C17H18ClN3O/c18-14-2-4-15(5-3-14)21-11-13(10-19-21)16(22)20-9-8-17(12-20)6-1-7-17/h2-5,10-11H,1,6-9,12H2. The largest absolute Gasteiger partial charge is 0.338 e. The molecule has 2 heterocycles. The van der Waals surface area contributed by atoms with E-state index >= 15 is 0 Å². The van der Waals surface area contributed by atoms with E-state index in [0.717, 1.165) is 25.2 Å². The van der Waals surface area contributed by atoms with Crippen LogP contribution in [0.2, 0.25) is 5.02 Å². The number of likely N-dealkylation sites (tertiary alicyclic amines) is 1. The Kier molecular flexibility index (Phi) is 3.22. The topological polar surface area (TPSA) is 38.1 Å². The van der Waals surface area contributed by atoms with Gasteiger partial charge in [0, 0.05) is 24.3 Å². The number of aromatic nitrogens is 2. The van der Waals surface area contributed by atoms with Crippen molar-refractivity contribution in [2.45, 2.75) is 25.7 Å². The van der Waals surface area contributed by atoms with Gasteiger partial charge < -0.3 is 4.90 Å². The van der Waals surface area contributed by atoms with Gasteiger partial charge in [-0.1, -0.05) is 18.0 Å². The number of amides is 1. The molecule has 1 aromatic carbocycles. The molecule has 4 rings (SSSR count). The number of hydrogen-bond acceptors (Lipinski definition) is 2. The number of rotatable bonds is 2. The van der Waals surface area contributed by atoms with Crippen molar-refractivity contribution in [2.75, 3.05) is 13.1 Å². The summed E-state index contributed by atoms with van der Waals surface area (Å²) >= 11 is 5.90. The fourth-order valence-electron chi connectivity index (χ4n) is 3.54. The van der Waals surface area contributed by atoms with E-state index < -0.39 is 0 Å².